The lowest BCUT2D eigenvalue weighted by Gasteiger charge is -2.26. The summed E-state index contributed by atoms with van der Waals surface area (Å²) in [6.07, 6.45) is 1.76. The zero-order valence-corrected chi connectivity index (χ0v) is 10.6. The summed E-state index contributed by atoms with van der Waals surface area (Å²) in [6, 6.07) is 0. The quantitative estimate of drug-likeness (QED) is 0.749. The van der Waals surface area contributed by atoms with Crippen LogP contribution >= 0.6 is 11.8 Å². The van der Waals surface area contributed by atoms with Gasteiger partial charge in [-0.05, 0) is 6.92 Å². The second kappa shape index (κ2) is 6.27. The van der Waals surface area contributed by atoms with Crippen LogP contribution in [0.15, 0.2) is 6.33 Å². The van der Waals surface area contributed by atoms with Gasteiger partial charge in [-0.2, -0.15) is 11.8 Å². The second-order valence-corrected chi connectivity index (χ2v) is 5.33. The van der Waals surface area contributed by atoms with E-state index in [1.165, 1.54) is 30.3 Å². The lowest BCUT2D eigenvalue weighted by molar-refractivity contribution is 0.301. The molecule has 2 rings (SSSR count). The lowest BCUT2D eigenvalue weighted by Crippen LogP contribution is -2.37. The van der Waals surface area contributed by atoms with E-state index in [9.17, 15) is 0 Å². The second-order valence-electron chi connectivity index (χ2n) is 4.11. The molecule has 1 aromatic heterocycles. The highest BCUT2D eigenvalue weighted by atomic mass is 32.2. The van der Waals surface area contributed by atoms with Gasteiger partial charge >= 0.3 is 0 Å². The molecule has 5 heteroatoms. The molecule has 0 aliphatic carbocycles. The molecule has 1 saturated heterocycles. The number of aromatic amines is 1. The number of nitrogens with one attached hydrogen (secondary N) is 2. The van der Waals surface area contributed by atoms with Crippen molar-refractivity contribution in [3.05, 3.63) is 17.7 Å². The molecule has 2 heterocycles. The number of imidazole rings is 1. The van der Waals surface area contributed by atoms with Crippen molar-refractivity contribution >= 4 is 11.8 Å². The molecule has 0 unspecified atom stereocenters. The first-order valence-electron chi connectivity index (χ1n) is 5.86. The SMILES string of the molecule is Cc1[nH]cnc1CNCCN1CCSCC1. The van der Waals surface area contributed by atoms with Crippen LogP contribution in [0.2, 0.25) is 0 Å². The minimum atomic E-state index is 0.873. The third-order valence-electron chi connectivity index (χ3n) is 2.94. The maximum Gasteiger partial charge on any atom is 0.0925 e. The molecule has 1 aliphatic heterocycles. The average molecular weight is 240 g/mol. The van der Waals surface area contributed by atoms with Gasteiger partial charge in [-0.25, -0.2) is 4.98 Å². The van der Waals surface area contributed by atoms with Gasteiger partial charge < -0.3 is 15.2 Å². The minimum absolute atomic E-state index is 0.873. The molecule has 0 aromatic carbocycles. The highest BCUT2D eigenvalue weighted by molar-refractivity contribution is 7.99. The summed E-state index contributed by atoms with van der Waals surface area (Å²) >= 11 is 2.06. The van der Waals surface area contributed by atoms with Crippen molar-refractivity contribution in [2.45, 2.75) is 13.5 Å². The van der Waals surface area contributed by atoms with Gasteiger partial charge in [0.25, 0.3) is 0 Å². The first-order valence-corrected chi connectivity index (χ1v) is 7.01. The monoisotopic (exact) mass is 240 g/mol. The summed E-state index contributed by atoms with van der Waals surface area (Å²) in [7, 11) is 0. The van der Waals surface area contributed by atoms with E-state index in [1.54, 1.807) is 6.33 Å². The number of hydrogen-bond donors (Lipinski definition) is 2. The number of thioether (sulfide) groups is 1. The number of aromatic nitrogens is 2. The molecule has 1 aromatic rings. The van der Waals surface area contributed by atoms with Crippen molar-refractivity contribution in [1.82, 2.24) is 20.2 Å². The van der Waals surface area contributed by atoms with Crippen molar-refractivity contribution in [3.63, 3.8) is 0 Å². The molecular formula is C11H20N4S. The Morgan fingerprint density at radius 1 is 1.50 bits per heavy atom. The van der Waals surface area contributed by atoms with Crippen LogP contribution in [-0.2, 0) is 6.54 Å². The van der Waals surface area contributed by atoms with Crippen LogP contribution in [0.3, 0.4) is 0 Å². The van der Waals surface area contributed by atoms with E-state index < -0.39 is 0 Å². The van der Waals surface area contributed by atoms with Crippen LogP contribution in [0, 0.1) is 6.92 Å². The summed E-state index contributed by atoms with van der Waals surface area (Å²) < 4.78 is 0. The first kappa shape index (κ1) is 12.0. The Bertz CT molecular complexity index is 307. The summed E-state index contributed by atoms with van der Waals surface area (Å²) in [5.74, 6) is 2.58. The van der Waals surface area contributed by atoms with E-state index >= 15 is 0 Å². The number of aryl methyl sites for hydroxylation is 1. The number of H-pyrrole nitrogens is 1. The lowest BCUT2D eigenvalue weighted by atomic mass is 10.3. The van der Waals surface area contributed by atoms with Gasteiger partial charge in [0.2, 0.25) is 0 Å². The molecule has 16 heavy (non-hydrogen) atoms. The molecule has 1 fully saturated rings. The molecule has 0 radical (unpaired) electrons. The Hall–Kier alpha value is -0.520. The van der Waals surface area contributed by atoms with Crippen LogP contribution in [0.5, 0.6) is 0 Å². The molecule has 0 bridgehead atoms. The van der Waals surface area contributed by atoms with Gasteiger partial charge in [-0.3, -0.25) is 0 Å². The zero-order chi connectivity index (χ0) is 11.2. The Morgan fingerprint density at radius 2 is 2.31 bits per heavy atom. The van der Waals surface area contributed by atoms with E-state index in [2.05, 4.69) is 38.9 Å². The number of rotatable bonds is 5. The number of nitrogens with zero attached hydrogens (tertiary/aromatic N) is 2. The van der Waals surface area contributed by atoms with Gasteiger partial charge in [0.1, 0.15) is 0 Å². The van der Waals surface area contributed by atoms with E-state index in [0.29, 0.717) is 0 Å². The van der Waals surface area contributed by atoms with Crippen LogP contribution in [0.25, 0.3) is 0 Å². The predicted octanol–water partition coefficient (Wildman–Crippen LogP) is 0.857. The average Bonchev–Trinajstić information content (AvgIpc) is 2.72. The summed E-state index contributed by atoms with van der Waals surface area (Å²) in [4.78, 5) is 9.89. The predicted molar refractivity (Wildman–Crippen MR) is 68.8 cm³/mol. The van der Waals surface area contributed by atoms with E-state index in [0.717, 1.165) is 25.3 Å². The third kappa shape index (κ3) is 3.50. The van der Waals surface area contributed by atoms with Crippen LogP contribution in [0.1, 0.15) is 11.4 Å². The molecular weight excluding hydrogens is 220 g/mol. The van der Waals surface area contributed by atoms with Gasteiger partial charge in [0.05, 0.1) is 12.0 Å². The van der Waals surface area contributed by atoms with Crippen molar-refractivity contribution < 1.29 is 0 Å². The van der Waals surface area contributed by atoms with Crippen LogP contribution < -0.4 is 5.32 Å². The van der Waals surface area contributed by atoms with Crippen molar-refractivity contribution in [1.29, 1.82) is 0 Å². The molecule has 1 aliphatic rings. The fourth-order valence-electron chi connectivity index (χ4n) is 1.83. The highest BCUT2D eigenvalue weighted by Crippen LogP contribution is 2.08. The third-order valence-corrected chi connectivity index (χ3v) is 3.88. The molecule has 0 amide bonds. The maximum atomic E-state index is 4.27. The van der Waals surface area contributed by atoms with Gasteiger partial charge in [0, 0.05) is 49.9 Å². The van der Waals surface area contributed by atoms with Crippen molar-refractivity contribution in [2.24, 2.45) is 0 Å². The van der Waals surface area contributed by atoms with E-state index in [4.69, 9.17) is 0 Å². The fraction of sp³-hybridized carbons (Fsp3) is 0.727. The summed E-state index contributed by atoms with van der Waals surface area (Å²) in [5, 5.41) is 3.44. The molecule has 2 N–H and O–H groups in total. The smallest absolute Gasteiger partial charge is 0.0925 e. The van der Waals surface area contributed by atoms with Gasteiger partial charge in [0.15, 0.2) is 0 Å². The van der Waals surface area contributed by atoms with E-state index in [1.807, 2.05) is 0 Å². The molecule has 90 valence electrons. The van der Waals surface area contributed by atoms with E-state index in [-0.39, 0.29) is 0 Å². The highest BCUT2D eigenvalue weighted by Gasteiger charge is 2.09. The Kier molecular flexibility index (Phi) is 4.69. The number of hydrogen-bond acceptors (Lipinski definition) is 4. The first-order chi connectivity index (χ1) is 7.86. The van der Waals surface area contributed by atoms with Crippen LogP contribution in [0.4, 0.5) is 0 Å². The van der Waals surface area contributed by atoms with Gasteiger partial charge in [-0.15, -0.1) is 0 Å². The Morgan fingerprint density at radius 3 is 3.00 bits per heavy atom. The minimum Gasteiger partial charge on any atom is -0.348 e. The van der Waals surface area contributed by atoms with Crippen molar-refractivity contribution in [2.75, 3.05) is 37.7 Å². The zero-order valence-electron chi connectivity index (χ0n) is 9.83. The topological polar surface area (TPSA) is 44.0 Å². The maximum absolute atomic E-state index is 4.27. The van der Waals surface area contributed by atoms with Gasteiger partial charge in [-0.1, -0.05) is 0 Å². The normalized spacial score (nSPS) is 17.8. The Labute approximate surface area is 101 Å². The molecule has 4 nitrogen and oxygen atoms in total. The molecule has 0 saturated carbocycles. The standard InChI is InChI=1S/C11H20N4S/c1-10-11(14-9-13-10)8-12-2-3-15-4-6-16-7-5-15/h9,12H,2-8H2,1H3,(H,13,14). The Balaban J connectivity index is 1.59. The molecule has 0 atom stereocenters. The fourth-order valence-corrected chi connectivity index (χ4v) is 2.81. The summed E-state index contributed by atoms with van der Waals surface area (Å²) in [6.45, 7) is 7.63. The summed E-state index contributed by atoms with van der Waals surface area (Å²) in [5.41, 5.74) is 2.30. The van der Waals surface area contributed by atoms with Crippen molar-refractivity contribution in [3.8, 4) is 0 Å². The molecule has 0 spiro atoms. The largest absolute Gasteiger partial charge is 0.348 e. The van der Waals surface area contributed by atoms with Crippen LogP contribution in [-0.4, -0.2) is 52.6 Å².